The highest BCUT2D eigenvalue weighted by Crippen LogP contribution is 2.80. The lowest BCUT2D eigenvalue weighted by atomic mass is 9.31. The molecule has 6 fully saturated rings. The smallest absolute Gasteiger partial charge is 0.210 e. The Labute approximate surface area is 289 Å². The number of carbonyl (C=O) groups excluding carboxylic acids is 1. The lowest BCUT2D eigenvalue weighted by molar-refractivity contribution is -0.256. The van der Waals surface area contributed by atoms with E-state index < -0.39 is 5.54 Å². The fraction of sp³-hybridized carbons (Fsp3) is 0.738. The van der Waals surface area contributed by atoms with Crippen LogP contribution < -0.4 is 0 Å². The molecule has 5 saturated carbocycles. The van der Waals surface area contributed by atoms with Crippen LogP contribution in [-0.4, -0.2) is 44.0 Å². The quantitative estimate of drug-likeness (QED) is 0.250. The van der Waals surface area contributed by atoms with Gasteiger partial charge in [-0.05, 0) is 147 Å². The maximum absolute atomic E-state index is 13.2. The number of rotatable bonds is 5. The monoisotopic (exact) mass is 652 g/mol. The third-order valence-electron chi connectivity index (χ3n) is 17.3. The highest BCUT2D eigenvalue weighted by Gasteiger charge is 2.75. The van der Waals surface area contributed by atoms with Crippen LogP contribution in [0.25, 0.3) is 11.4 Å². The summed E-state index contributed by atoms with van der Waals surface area (Å²) in [6, 6.07) is 6.02. The third-order valence-corrected chi connectivity index (χ3v) is 17.3. The minimum Gasteiger partial charge on any atom is -0.393 e. The summed E-state index contributed by atoms with van der Waals surface area (Å²) in [4.78, 5) is 29.0. The number of amides is 1. The number of nitrogens with zero attached hydrogens (tertiary/aromatic N) is 3. The summed E-state index contributed by atoms with van der Waals surface area (Å²) < 4.78 is 0. The Kier molecular flexibility index (Phi) is 7.34. The zero-order chi connectivity index (χ0) is 33.9. The van der Waals surface area contributed by atoms with Gasteiger partial charge in [-0.3, -0.25) is 9.78 Å². The lowest BCUT2D eigenvalue weighted by Gasteiger charge is -2.74. The van der Waals surface area contributed by atoms with Gasteiger partial charge in [0.2, 0.25) is 6.41 Å². The average Bonchev–Trinajstić information content (AvgIpc) is 3.82. The molecule has 2 aromatic rings. The predicted molar refractivity (Wildman–Crippen MR) is 190 cm³/mol. The van der Waals surface area contributed by atoms with Crippen molar-refractivity contribution in [2.24, 2.45) is 56.7 Å². The zero-order valence-corrected chi connectivity index (χ0v) is 30.5. The predicted octanol–water partition coefficient (Wildman–Crippen LogP) is 8.94. The SMILES string of the molecule is C=C(C)[C@@H]1CC[C@]2([C@]3(c4ncc(-c5ccccn5)[nH]4)CCCN3C=O)CC[C@]3(C)[C@H](CC[C@@H]4[C@@]5(C)CC[C@H](O)C(C)(C)[C@@H]5CC[C@]43C)[C@@H]12. The van der Waals surface area contributed by atoms with Crippen molar-refractivity contribution in [3.8, 4) is 11.4 Å². The molecule has 6 heteroatoms. The van der Waals surface area contributed by atoms with Crippen LogP contribution in [0, 0.1) is 56.7 Å². The summed E-state index contributed by atoms with van der Waals surface area (Å²) in [6.07, 6.45) is 18.4. The first-order valence-electron chi connectivity index (χ1n) is 19.3. The van der Waals surface area contributed by atoms with Crippen molar-refractivity contribution < 1.29 is 9.90 Å². The number of allylic oxidation sites excluding steroid dienone is 1. The second-order valence-electron chi connectivity index (χ2n) is 18.8. The summed E-state index contributed by atoms with van der Waals surface area (Å²) in [5, 5.41) is 11.2. The van der Waals surface area contributed by atoms with Gasteiger partial charge < -0.3 is 15.0 Å². The molecule has 1 amide bonds. The van der Waals surface area contributed by atoms with Crippen LogP contribution in [-0.2, 0) is 10.3 Å². The number of imidazole rings is 1. The summed E-state index contributed by atoms with van der Waals surface area (Å²) >= 11 is 0. The fourth-order valence-corrected chi connectivity index (χ4v) is 15.0. The minimum absolute atomic E-state index is 0.0331. The molecular formula is C42H60N4O2. The highest BCUT2D eigenvalue weighted by molar-refractivity contribution is 5.56. The third kappa shape index (κ3) is 3.93. The highest BCUT2D eigenvalue weighted by atomic mass is 16.3. The number of hydrogen-bond donors (Lipinski definition) is 2. The molecular weight excluding hydrogens is 592 g/mol. The molecule has 0 aromatic carbocycles. The molecule has 5 aliphatic carbocycles. The Morgan fingerprint density at radius 2 is 1.75 bits per heavy atom. The summed E-state index contributed by atoms with van der Waals surface area (Å²) in [7, 11) is 0. The summed E-state index contributed by atoms with van der Waals surface area (Å²) in [6.45, 7) is 20.5. The van der Waals surface area contributed by atoms with E-state index >= 15 is 0 Å². The van der Waals surface area contributed by atoms with Crippen molar-refractivity contribution in [2.45, 2.75) is 130 Å². The van der Waals surface area contributed by atoms with Crippen molar-refractivity contribution in [1.29, 1.82) is 0 Å². The molecule has 6 nitrogen and oxygen atoms in total. The number of pyridine rings is 1. The molecule has 0 bridgehead atoms. The van der Waals surface area contributed by atoms with Crippen molar-refractivity contribution in [3.05, 3.63) is 48.6 Å². The molecule has 2 aromatic heterocycles. The molecule has 1 aliphatic heterocycles. The molecule has 0 radical (unpaired) electrons. The number of H-pyrrole nitrogens is 1. The van der Waals surface area contributed by atoms with Gasteiger partial charge in [-0.25, -0.2) is 4.98 Å². The van der Waals surface area contributed by atoms with E-state index in [9.17, 15) is 9.90 Å². The van der Waals surface area contributed by atoms with Crippen LogP contribution in [0.15, 0.2) is 42.7 Å². The Hall–Kier alpha value is -2.47. The zero-order valence-electron chi connectivity index (χ0n) is 30.5. The van der Waals surface area contributed by atoms with E-state index in [1.54, 1.807) is 0 Å². The van der Waals surface area contributed by atoms with E-state index in [-0.39, 0.29) is 33.2 Å². The topological polar surface area (TPSA) is 82.1 Å². The number of aromatic amines is 1. The second-order valence-corrected chi connectivity index (χ2v) is 18.8. The van der Waals surface area contributed by atoms with Gasteiger partial charge in [0.1, 0.15) is 11.4 Å². The molecule has 8 rings (SSSR count). The normalized spacial score (nSPS) is 46.3. The molecule has 260 valence electrons. The first-order valence-corrected chi connectivity index (χ1v) is 19.3. The van der Waals surface area contributed by atoms with Gasteiger partial charge in [0.05, 0.1) is 23.7 Å². The number of aromatic nitrogens is 3. The number of aliphatic hydroxyl groups excluding tert-OH is 1. The number of carbonyl (C=O) groups is 1. The molecule has 2 N–H and O–H groups in total. The van der Waals surface area contributed by atoms with Crippen molar-refractivity contribution in [3.63, 3.8) is 0 Å². The first kappa shape index (κ1) is 32.7. The van der Waals surface area contributed by atoms with Gasteiger partial charge in [0.15, 0.2) is 0 Å². The summed E-state index contributed by atoms with van der Waals surface area (Å²) in [5.74, 6) is 3.72. The van der Waals surface area contributed by atoms with E-state index in [0.29, 0.717) is 29.6 Å². The standard InChI is InChI=1S/C42H60N4O2/c1-27(2)28-14-20-41(42(17-10-24-46(42)26-47)36-44-25-31(45-36)30-11-8-9-23-43-30)22-21-39(6)29(35(28)41)12-13-33-38(5)18-16-34(48)37(3,4)32(38)15-19-40(33,39)7/h8-9,11,23,25-26,28-29,32-35,48H,1,10,12-22,24H2,2-7H3,(H,44,45)/t28-,29+,32-,33+,34-,35+,38-,39+,40+,41-,42+/m0/s1. The van der Waals surface area contributed by atoms with Crippen LogP contribution >= 0.6 is 0 Å². The van der Waals surface area contributed by atoms with Gasteiger partial charge in [0, 0.05) is 18.2 Å². The van der Waals surface area contributed by atoms with Gasteiger partial charge in [-0.2, -0.15) is 0 Å². The molecule has 11 atom stereocenters. The van der Waals surface area contributed by atoms with Gasteiger partial charge in [-0.15, -0.1) is 0 Å². The largest absolute Gasteiger partial charge is 0.393 e. The molecule has 48 heavy (non-hydrogen) atoms. The van der Waals surface area contributed by atoms with Crippen molar-refractivity contribution >= 4 is 6.41 Å². The first-order chi connectivity index (χ1) is 22.8. The number of hydrogen-bond acceptors (Lipinski definition) is 4. The van der Waals surface area contributed by atoms with Gasteiger partial charge in [0.25, 0.3) is 0 Å². The van der Waals surface area contributed by atoms with Crippen LogP contribution in [0.5, 0.6) is 0 Å². The van der Waals surface area contributed by atoms with Crippen molar-refractivity contribution in [2.75, 3.05) is 6.54 Å². The van der Waals surface area contributed by atoms with Crippen LogP contribution in [0.4, 0.5) is 0 Å². The number of nitrogens with one attached hydrogen (secondary N) is 1. The Morgan fingerprint density at radius 1 is 0.938 bits per heavy atom. The average molecular weight is 653 g/mol. The van der Waals surface area contributed by atoms with E-state index in [1.165, 1.54) is 37.7 Å². The van der Waals surface area contributed by atoms with E-state index in [4.69, 9.17) is 4.98 Å². The Morgan fingerprint density at radius 3 is 2.48 bits per heavy atom. The van der Waals surface area contributed by atoms with Crippen LogP contribution in [0.2, 0.25) is 0 Å². The Bertz CT molecular complexity index is 1580. The Balaban J connectivity index is 1.24. The fourth-order valence-electron chi connectivity index (χ4n) is 15.0. The summed E-state index contributed by atoms with van der Waals surface area (Å²) in [5.41, 5.74) is 3.34. The van der Waals surface area contributed by atoms with Crippen molar-refractivity contribution in [1.82, 2.24) is 19.9 Å². The van der Waals surface area contributed by atoms with E-state index in [0.717, 1.165) is 75.1 Å². The number of fused-ring (bicyclic) bond motifs is 7. The van der Waals surface area contributed by atoms with Gasteiger partial charge in [-0.1, -0.05) is 52.8 Å². The molecule has 0 spiro atoms. The van der Waals surface area contributed by atoms with E-state index in [2.05, 4.69) is 63.0 Å². The van der Waals surface area contributed by atoms with Crippen LogP contribution in [0.1, 0.15) is 124 Å². The second kappa shape index (κ2) is 10.8. The maximum Gasteiger partial charge on any atom is 0.210 e. The minimum atomic E-state index is -0.455. The maximum atomic E-state index is 13.2. The molecule has 3 heterocycles. The van der Waals surface area contributed by atoms with E-state index in [1.807, 2.05) is 30.6 Å². The molecule has 0 unspecified atom stereocenters. The lowest BCUT2D eigenvalue weighted by Crippen LogP contribution is -2.69. The van der Waals surface area contributed by atoms with Gasteiger partial charge >= 0.3 is 0 Å². The number of likely N-dealkylation sites (tertiary alicyclic amines) is 1. The van der Waals surface area contributed by atoms with Crippen LogP contribution in [0.3, 0.4) is 0 Å². The molecule has 6 aliphatic rings. The number of aliphatic hydroxyl groups is 1. The molecule has 1 saturated heterocycles.